The molecule has 1 aromatic heterocycles. The normalized spacial score (nSPS) is 18.0. The summed E-state index contributed by atoms with van der Waals surface area (Å²) in [4.78, 5) is 8.01. The molecule has 0 amide bonds. The van der Waals surface area contributed by atoms with E-state index in [0.29, 0.717) is 10.8 Å². The third kappa shape index (κ3) is 4.75. The van der Waals surface area contributed by atoms with Gasteiger partial charge in [-0.25, -0.2) is 4.98 Å². The highest BCUT2D eigenvalue weighted by atomic mass is 35.5. The van der Waals surface area contributed by atoms with Crippen molar-refractivity contribution in [1.29, 1.82) is 0 Å². The Morgan fingerprint density at radius 3 is 2.32 bits per heavy atom. The Hall–Kier alpha value is -1.09. The maximum Gasteiger partial charge on any atom is 0.224 e. The summed E-state index contributed by atoms with van der Waals surface area (Å²) >= 11 is 12.1. The summed E-state index contributed by atoms with van der Waals surface area (Å²) in [6.45, 7) is 0. The first-order chi connectivity index (χ1) is 12.1. The van der Waals surface area contributed by atoms with Gasteiger partial charge in [0.2, 0.25) is 5.28 Å². The summed E-state index contributed by atoms with van der Waals surface area (Å²) < 4.78 is 13.8. The molecule has 0 bridgehead atoms. The monoisotopic (exact) mass is 397 g/mol. The highest BCUT2D eigenvalue weighted by Gasteiger charge is 2.27. The van der Waals surface area contributed by atoms with Crippen molar-refractivity contribution < 1.29 is 4.57 Å². The number of benzene rings is 1. The van der Waals surface area contributed by atoms with E-state index in [-0.39, 0.29) is 5.28 Å². The molecule has 0 unspecified atom stereocenters. The Balaban J connectivity index is 1.94. The highest BCUT2D eigenvalue weighted by Crippen LogP contribution is 2.49. The number of hydrogen-bond acceptors (Lipinski definition) is 4. The maximum atomic E-state index is 13.8. The fraction of sp³-hybridized carbons (Fsp3) is 0.444. The second kappa shape index (κ2) is 8.53. The molecule has 1 fully saturated rings. The third-order valence-electron chi connectivity index (χ3n) is 4.60. The first kappa shape index (κ1) is 18.7. The molecular formula is C18H22Cl2N3OP. The second-order valence-corrected chi connectivity index (χ2v) is 10.3. The van der Waals surface area contributed by atoms with Crippen LogP contribution in [-0.4, -0.2) is 22.3 Å². The Labute approximate surface area is 158 Å². The van der Waals surface area contributed by atoms with Crippen molar-refractivity contribution in [2.24, 2.45) is 0 Å². The largest absolute Gasteiger partial charge is 0.338 e. The SMILES string of the molecule is O=P1(c2ccccc2Nc2nc(Cl)ncc2Cl)CCCCCCCC1. The summed E-state index contributed by atoms with van der Waals surface area (Å²) in [7, 11) is -2.45. The molecule has 2 aromatic rings. The average molecular weight is 398 g/mol. The quantitative estimate of drug-likeness (QED) is 0.519. The van der Waals surface area contributed by atoms with Gasteiger partial charge in [-0.2, -0.15) is 4.98 Å². The van der Waals surface area contributed by atoms with Gasteiger partial charge in [-0.3, -0.25) is 0 Å². The van der Waals surface area contributed by atoms with Crippen LogP contribution in [-0.2, 0) is 4.57 Å². The van der Waals surface area contributed by atoms with Gasteiger partial charge in [0.25, 0.3) is 0 Å². The van der Waals surface area contributed by atoms with E-state index < -0.39 is 7.14 Å². The zero-order chi connectivity index (χ0) is 17.7. The van der Waals surface area contributed by atoms with Gasteiger partial charge in [0.1, 0.15) is 12.2 Å². The van der Waals surface area contributed by atoms with Crippen LogP contribution in [0.5, 0.6) is 0 Å². The molecule has 1 aliphatic rings. The van der Waals surface area contributed by atoms with Crippen molar-refractivity contribution >= 4 is 47.2 Å². The lowest BCUT2D eigenvalue weighted by atomic mass is 10.1. The summed E-state index contributed by atoms with van der Waals surface area (Å²) in [5.74, 6) is 0.435. The molecule has 25 heavy (non-hydrogen) atoms. The smallest absolute Gasteiger partial charge is 0.224 e. The maximum absolute atomic E-state index is 13.8. The van der Waals surface area contributed by atoms with Gasteiger partial charge < -0.3 is 9.88 Å². The second-order valence-electron chi connectivity index (χ2n) is 6.44. The fourth-order valence-electron chi connectivity index (χ4n) is 3.29. The molecule has 0 aliphatic carbocycles. The standard InChI is InChI=1S/C18H22Cl2N3OP/c19-14-13-21-18(20)23-17(14)22-15-9-5-6-10-16(15)25(24)11-7-3-1-2-4-8-12-25/h5-6,9-10,13H,1-4,7-8,11-12H2,(H,21,22,23). The molecule has 4 nitrogen and oxygen atoms in total. The predicted octanol–water partition coefficient (Wildman–Crippen LogP) is 5.87. The van der Waals surface area contributed by atoms with E-state index in [9.17, 15) is 4.57 Å². The minimum atomic E-state index is -2.45. The Kier molecular flexibility index (Phi) is 6.38. The zero-order valence-corrected chi connectivity index (χ0v) is 16.5. The number of aromatic nitrogens is 2. The molecule has 1 aromatic carbocycles. The molecule has 134 valence electrons. The van der Waals surface area contributed by atoms with Gasteiger partial charge in [0, 0.05) is 17.6 Å². The predicted molar refractivity (Wildman–Crippen MR) is 106 cm³/mol. The lowest BCUT2D eigenvalue weighted by Crippen LogP contribution is -2.15. The Bertz CT molecular complexity index is 771. The van der Waals surface area contributed by atoms with Crippen molar-refractivity contribution in [1.82, 2.24) is 9.97 Å². The molecule has 0 radical (unpaired) electrons. The topological polar surface area (TPSA) is 54.9 Å². The Morgan fingerprint density at radius 1 is 0.960 bits per heavy atom. The van der Waals surface area contributed by atoms with Crippen LogP contribution in [0.2, 0.25) is 10.3 Å². The van der Waals surface area contributed by atoms with Gasteiger partial charge in [-0.1, -0.05) is 49.4 Å². The van der Waals surface area contributed by atoms with Crippen LogP contribution >= 0.6 is 30.3 Å². The van der Waals surface area contributed by atoms with Crippen molar-refractivity contribution in [2.75, 3.05) is 17.6 Å². The molecule has 1 saturated heterocycles. The number of halogens is 2. The fourth-order valence-corrected chi connectivity index (χ4v) is 6.66. The molecule has 2 heterocycles. The van der Waals surface area contributed by atoms with E-state index in [0.717, 1.165) is 49.0 Å². The lowest BCUT2D eigenvalue weighted by Gasteiger charge is -2.22. The van der Waals surface area contributed by atoms with E-state index in [2.05, 4.69) is 15.3 Å². The number of nitrogens with zero attached hydrogens (tertiary/aromatic N) is 2. The number of hydrogen-bond donors (Lipinski definition) is 1. The van der Waals surface area contributed by atoms with Gasteiger partial charge in [0.05, 0.1) is 11.9 Å². The van der Waals surface area contributed by atoms with E-state index in [4.69, 9.17) is 23.2 Å². The molecule has 3 rings (SSSR count). The molecule has 0 spiro atoms. The summed E-state index contributed by atoms with van der Waals surface area (Å²) in [5, 5.41) is 4.61. The molecule has 0 saturated carbocycles. The summed E-state index contributed by atoms with van der Waals surface area (Å²) in [6.07, 6.45) is 9.85. The molecule has 0 atom stereocenters. The van der Waals surface area contributed by atoms with Gasteiger partial charge >= 0.3 is 0 Å². The van der Waals surface area contributed by atoms with Crippen LogP contribution in [0.4, 0.5) is 11.5 Å². The number of para-hydroxylation sites is 1. The zero-order valence-electron chi connectivity index (χ0n) is 14.0. The van der Waals surface area contributed by atoms with E-state index in [1.54, 1.807) is 0 Å². The van der Waals surface area contributed by atoms with E-state index in [1.165, 1.54) is 19.0 Å². The van der Waals surface area contributed by atoms with Crippen molar-refractivity contribution in [2.45, 2.75) is 38.5 Å². The minimum Gasteiger partial charge on any atom is -0.338 e. The first-order valence-electron chi connectivity index (χ1n) is 8.71. The van der Waals surface area contributed by atoms with Crippen molar-refractivity contribution in [3.63, 3.8) is 0 Å². The Morgan fingerprint density at radius 2 is 1.60 bits per heavy atom. The van der Waals surface area contributed by atoms with E-state index >= 15 is 0 Å². The lowest BCUT2D eigenvalue weighted by molar-refractivity contribution is 0.578. The number of rotatable bonds is 3. The molecule has 1 N–H and O–H groups in total. The third-order valence-corrected chi connectivity index (χ3v) is 8.40. The highest BCUT2D eigenvalue weighted by molar-refractivity contribution is 7.71. The average Bonchev–Trinajstić information content (AvgIpc) is 2.71. The van der Waals surface area contributed by atoms with Crippen LogP contribution in [0, 0.1) is 0 Å². The van der Waals surface area contributed by atoms with Crippen LogP contribution < -0.4 is 10.6 Å². The number of anilines is 2. The molecule has 7 heteroatoms. The van der Waals surface area contributed by atoms with Crippen LogP contribution in [0.3, 0.4) is 0 Å². The molecular weight excluding hydrogens is 376 g/mol. The first-order valence-corrected chi connectivity index (χ1v) is 11.5. The van der Waals surface area contributed by atoms with Gasteiger partial charge in [0.15, 0.2) is 5.82 Å². The minimum absolute atomic E-state index is 0.124. The van der Waals surface area contributed by atoms with Gasteiger partial charge in [-0.15, -0.1) is 0 Å². The summed E-state index contributed by atoms with van der Waals surface area (Å²) in [6, 6.07) is 7.76. The van der Waals surface area contributed by atoms with Crippen LogP contribution in [0.25, 0.3) is 0 Å². The van der Waals surface area contributed by atoms with Gasteiger partial charge in [-0.05, 0) is 36.6 Å². The van der Waals surface area contributed by atoms with Crippen molar-refractivity contribution in [3.05, 3.63) is 40.8 Å². The van der Waals surface area contributed by atoms with Crippen LogP contribution in [0.15, 0.2) is 30.5 Å². The number of nitrogens with one attached hydrogen (secondary N) is 1. The van der Waals surface area contributed by atoms with E-state index in [1.807, 2.05) is 24.3 Å². The van der Waals surface area contributed by atoms with Crippen molar-refractivity contribution in [3.8, 4) is 0 Å². The van der Waals surface area contributed by atoms with Crippen LogP contribution in [0.1, 0.15) is 38.5 Å². The molecule has 1 aliphatic heterocycles. The summed E-state index contributed by atoms with van der Waals surface area (Å²) in [5.41, 5.74) is 0.793.